The molecule has 4 heteroatoms. The Kier molecular flexibility index (Phi) is 2.92. The summed E-state index contributed by atoms with van der Waals surface area (Å²) in [5.41, 5.74) is 6.37. The largest absolute Gasteiger partial charge is 0.338 e. The standard InChI is InChI=1S/C16H25N3O/c1-10(17)15-18-14(19-20-15)2-3-16-7-11-4-12(8-16)6-13(5-11)9-16/h10-13H,2-9,17H2,1H3. The first-order chi connectivity index (χ1) is 9.62. The van der Waals surface area contributed by atoms with Crippen LogP contribution >= 0.6 is 0 Å². The summed E-state index contributed by atoms with van der Waals surface area (Å²) in [5.74, 6) is 4.49. The van der Waals surface area contributed by atoms with Gasteiger partial charge in [-0.15, -0.1) is 0 Å². The van der Waals surface area contributed by atoms with E-state index in [1.807, 2.05) is 6.92 Å². The zero-order chi connectivity index (χ0) is 13.7. The molecule has 4 aliphatic rings. The van der Waals surface area contributed by atoms with Crippen molar-refractivity contribution >= 4 is 0 Å². The summed E-state index contributed by atoms with van der Waals surface area (Å²) in [6.07, 6.45) is 11.1. The Labute approximate surface area is 120 Å². The van der Waals surface area contributed by atoms with E-state index in [1.165, 1.54) is 44.9 Å². The highest BCUT2D eigenvalue weighted by Gasteiger charge is 2.50. The Morgan fingerprint density at radius 3 is 2.30 bits per heavy atom. The first-order valence-corrected chi connectivity index (χ1v) is 8.20. The number of aromatic nitrogens is 2. The second kappa shape index (κ2) is 4.55. The van der Waals surface area contributed by atoms with E-state index >= 15 is 0 Å². The van der Waals surface area contributed by atoms with Crippen molar-refractivity contribution in [2.45, 2.75) is 64.3 Å². The molecule has 1 aromatic heterocycles. The van der Waals surface area contributed by atoms with Gasteiger partial charge in [0.05, 0.1) is 6.04 Å². The van der Waals surface area contributed by atoms with E-state index in [4.69, 9.17) is 10.3 Å². The van der Waals surface area contributed by atoms with E-state index in [9.17, 15) is 0 Å². The van der Waals surface area contributed by atoms with Crippen molar-refractivity contribution in [3.8, 4) is 0 Å². The molecule has 0 saturated heterocycles. The molecular formula is C16H25N3O. The van der Waals surface area contributed by atoms with E-state index in [2.05, 4.69) is 10.1 Å². The zero-order valence-electron chi connectivity index (χ0n) is 12.3. The second-order valence-corrected chi connectivity index (χ2v) is 7.76. The minimum atomic E-state index is -0.157. The third-order valence-corrected chi connectivity index (χ3v) is 5.92. The monoisotopic (exact) mass is 275 g/mol. The number of aryl methyl sites for hydroxylation is 1. The number of hydrogen-bond acceptors (Lipinski definition) is 4. The summed E-state index contributed by atoms with van der Waals surface area (Å²) >= 11 is 0. The van der Waals surface area contributed by atoms with Crippen molar-refractivity contribution in [1.29, 1.82) is 0 Å². The molecule has 4 nitrogen and oxygen atoms in total. The van der Waals surface area contributed by atoms with Gasteiger partial charge in [0.25, 0.3) is 0 Å². The number of hydrogen-bond donors (Lipinski definition) is 1. The molecule has 4 aliphatic carbocycles. The molecule has 1 heterocycles. The molecule has 0 spiro atoms. The fraction of sp³-hybridized carbons (Fsp3) is 0.875. The molecule has 4 fully saturated rings. The molecule has 4 bridgehead atoms. The highest BCUT2D eigenvalue weighted by Crippen LogP contribution is 2.61. The van der Waals surface area contributed by atoms with Gasteiger partial charge in [0.15, 0.2) is 5.82 Å². The molecule has 0 aliphatic heterocycles. The van der Waals surface area contributed by atoms with Crippen molar-refractivity contribution in [2.75, 3.05) is 0 Å². The van der Waals surface area contributed by atoms with Gasteiger partial charge in [-0.1, -0.05) is 5.16 Å². The normalized spacial score (nSPS) is 40.2. The van der Waals surface area contributed by atoms with Gasteiger partial charge >= 0.3 is 0 Å². The summed E-state index contributed by atoms with van der Waals surface area (Å²) in [6, 6.07) is -0.157. The second-order valence-electron chi connectivity index (χ2n) is 7.76. The molecule has 110 valence electrons. The Morgan fingerprint density at radius 2 is 1.80 bits per heavy atom. The quantitative estimate of drug-likeness (QED) is 0.916. The van der Waals surface area contributed by atoms with Crippen LogP contribution in [0.1, 0.15) is 69.6 Å². The van der Waals surface area contributed by atoms with Crippen LogP contribution in [0.25, 0.3) is 0 Å². The van der Waals surface area contributed by atoms with Crippen molar-refractivity contribution in [1.82, 2.24) is 10.1 Å². The van der Waals surface area contributed by atoms with Gasteiger partial charge in [0.1, 0.15) is 0 Å². The van der Waals surface area contributed by atoms with E-state index in [1.54, 1.807) is 0 Å². The predicted molar refractivity (Wildman–Crippen MR) is 75.8 cm³/mol. The van der Waals surface area contributed by atoms with Crippen LogP contribution < -0.4 is 5.73 Å². The van der Waals surface area contributed by atoms with E-state index in [-0.39, 0.29) is 6.04 Å². The predicted octanol–water partition coefficient (Wildman–Crippen LogP) is 3.24. The van der Waals surface area contributed by atoms with Crippen LogP contribution in [0, 0.1) is 23.2 Å². The maximum Gasteiger partial charge on any atom is 0.243 e. The molecule has 1 unspecified atom stereocenters. The van der Waals surface area contributed by atoms with Crippen molar-refractivity contribution in [3.05, 3.63) is 11.7 Å². The Hall–Kier alpha value is -0.900. The fourth-order valence-corrected chi connectivity index (χ4v) is 5.53. The maximum absolute atomic E-state index is 5.77. The topological polar surface area (TPSA) is 64.9 Å². The average molecular weight is 275 g/mol. The van der Waals surface area contributed by atoms with Gasteiger partial charge < -0.3 is 10.3 Å². The fourth-order valence-electron chi connectivity index (χ4n) is 5.53. The van der Waals surface area contributed by atoms with Crippen LogP contribution in [0.4, 0.5) is 0 Å². The van der Waals surface area contributed by atoms with Crippen LogP contribution in [0.5, 0.6) is 0 Å². The lowest BCUT2D eigenvalue weighted by Gasteiger charge is -2.57. The van der Waals surface area contributed by atoms with E-state index in [0.717, 1.165) is 30.0 Å². The average Bonchev–Trinajstić information content (AvgIpc) is 2.84. The summed E-state index contributed by atoms with van der Waals surface area (Å²) in [6.45, 7) is 1.89. The summed E-state index contributed by atoms with van der Waals surface area (Å²) in [4.78, 5) is 4.42. The lowest BCUT2D eigenvalue weighted by Crippen LogP contribution is -2.46. The van der Waals surface area contributed by atoms with E-state index in [0.29, 0.717) is 11.3 Å². The van der Waals surface area contributed by atoms with Crippen LogP contribution in [-0.4, -0.2) is 10.1 Å². The Morgan fingerprint density at radius 1 is 1.20 bits per heavy atom. The van der Waals surface area contributed by atoms with Crippen LogP contribution in [-0.2, 0) is 6.42 Å². The zero-order valence-corrected chi connectivity index (χ0v) is 12.3. The Bertz CT molecular complexity index is 458. The molecule has 0 radical (unpaired) electrons. The van der Waals surface area contributed by atoms with Crippen LogP contribution in [0.15, 0.2) is 4.52 Å². The minimum Gasteiger partial charge on any atom is -0.338 e. The van der Waals surface area contributed by atoms with Gasteiger partial charge in [-0.2, -0.15) is 4.98 Å². The molecule has 1 atom stereocenters. The van der Waals surface area contributed by atoms with Crippen molar-refractivity contribution < 1.29 is 4.52 Å². The molecule has 0 amide bonds. The Balaban J connectivity index is 1.43. The summed E-state index contributed by atoms with van der Waals surface area (Å²) in [5, 5.41) is 4.09. The highest BCUT2D eigenvalue weighted by molar-refractivity contribution is 5.02. The van der Waals surface area contributed by atoms with E-state index < -0.39 is 0 Å². The molecule has 1 aromatic rings. The SMILES string of the molecule is CC(N)c1nc(CCC23CC4CC(CC(C4)C2)C3)no1. The molecule has 0 aromatic carbocycles. The summed E-state index contributed by atoms with van der Waals surface area (Å²) in [7, 11) is 0. The number of rotatable bonds is 4. The van der Waals surface area contributed by atoms with Gasteiger partial charge in [-0.3, -0.25) is 0 Å². The van der Waals surface area contributed by atoms with Crippen LogP contribution in [0.2, 0.25) is 0 Å². The van der Waals surface area contributed by atoms with Gasteiger partial charge in [0.2, 0.25) is 5.89 Å². The molecule has 20 heavy (non-hydrogen) atoms. The van der Waals surface area contributed by atoms with Crippen molar-refractivity contribution in [3.63, 3.8) is 0 Å². The molecule has 2 N–H and O–H groups in total. The van der Waals surface area contributed by atoms with Gasteiger partial charge in [0, 0.05) is 6.42 Å². The lowest BCUT2D eigenvalue weighted by molar-refractivity contribution is -0.0572. The smallest absolute Gasteiger partial charge is 0.243 e. The van der Waals surface area contributed by atoms with Crippen LogP contribution in [0.3, 0.4) is 0 Å². The van der Waals surface area contributed by atoms with Crippen molar-refractivity contribution in [2.24, 2.45) is 28.9 Å². The number of nitrogens with two attached hydrogens (primary N) is 1. The highest BCUT2D eigenvalue weighted by atomic mass is 16.5. The molecular weight excluding hydrogens is 250 g/mol. The molecule has 4 saturated carbocycles. The third kappa shape index (κ3) is 2.18. The molecule has 5 rings (SSSR count). The summed E-state index contributed by atoms with van der Waals surface area (Å²) < 4.78 is 5.21. The van der Waals surface area contributed by atoms with Gasteiger partial charge in [-0.05, 0) is 75.0 Å². The minimum absolute atomic E-state index is 0.157. The first kappa shape index (κ1) is 12.8. The van der Waals surface area contributed by atoms with Gasteiger partial charge in [-0.25, -0.2) is 0 Å². The maximum atomic E-state index is 5.77. The lowest BCUT2D eigenvalue weighted by atomic mass is 9.48. The number of nitrogens with zero attached hydrogens (tertiary/aromatic N) is 2. The third-order valence-electron chi connectivity index (χ3n) is 5.92. The first-order valence-electron chi connectivity index (χ1n) is 8.20.